The highest BCUT2D eigenvalue weighted by molar-refractivity contribution is 6.09. The van der Waals surface area contributed by atoms with E-state index in [1.807, 2.05) is 56.3 Å². The molecule has 0 saturated heterocycles. The van der Waals surface area contributed by atoms with Crippen LogP contribution in [0.2, 0.25) is 0 Å². The molecule has 1 amide bonds. The molecule has 5 heteroatoms. The summed E-state index contributed by atoms with van der Waals surface area (Å²) in [5.41, 5.74) is 2.20. The number of benzene rings is 2. The average molecular weight is 321 g/mol. The fourth-order valence-corrected chi connectivity index (χ4v) is 2.63. The van der Waals surface area contributed by atoms with E-state index in [1.165, 1.54) is 6.33 Å². The molecule has 5 nitrogen and oxygen atoms in total. The number of ether oxygens (including phenoxy) is 1. The predicted octanol–water partition coefficient (Wildman–Crippen LogP) is 3.27. The molecule has 1 N–H and O–H groups in total. The molecule has 1 heterocycles. The van der Waals surface area contributed by atoms with Crippen LogP contribution in [0.15, 0.2) is 48.8 Å². The molecular formula is C19H19N3O2. The van der Waals surface area contributed by atoms with Crippen molar-refractivity contribution in [1.29, 1.82) is 0 Å². The Morgan fingerprint density at radius 2 is 2.00 bits per heavy atom. The molecule has 0 aliphatic rings. The van der Waals surface area contributed by atoms with Crippen LogP contribution in [-0.4, -0.2) is 22.5 Å². The van der Waals surface area contributed by atoms with E-state index < -0.39 is 0 Å². The summed E-state index contributed by atoms with van der Waals surface area (Å²) in [5.74, 6) is 0.416. The molecule has 0 saturated carbocycles. The molecule has 1 aromatic heterocycles. The van der Waals surface area contributed by atoms with Gasteiger partial charge in [-0.2, -0.15) is 0 Å². The quantitative estimate of drug-likeness (QED) is 0.783. The zero-order chi connectivity index (χ0) is 16.9. The fourth-order valence-electron chi connectivity index (χ4n) is 2.63. The number of hydrogen-bond donors (Lipinski definition) is 1. The first-order valence-corrected chi connectivity index (χ1v) is 7.89. The first-order valence-electron chi connectivity index (χ1n) is 7.89. The van der Waals surface area contributed by atoms with Crippen molar-refractivity contribution in [3.05, 3.63) is 65.7 Å². The highest BCUT2D eigenvalue weighted by atomic mass is 16.5. The zero-order valence-electron chi connectivity index (χ0n) is 13.7. The van der Waals surface area contributed by atoms with Gasteiger partial charge in [-0.05, 0) is 36.8 Å². The van der Waals surface area contributed by atoms with Crippen LogP contribution in [0, 0.1) is 6.92 Å². The van der Waals surface area contributed by atoms with Crippen molar-refractivity contribution in [1.82, 2.24) is 15.3 Å². The summed E-state index contributed by atoms with van der Waals surface area (Å²) < 4.78 is 5.65. The normalized spacial score (nSPS) is 10.6. The number of carbonyl (C=O) groups excluding carboxylic acids is 1. The minimum atomic E-state index is -0.175. The number of nitrogens with zero attached hydrogens (tertiary/aromatic N) is 2. The molecule has 0 fully saturated rings. The van der Waals surface area contributed by atoms with Gasteiger partial charge in [0.15, 0.2) is 0 Å². The van der Waals surface area contributed by atoms with Crippen molar-refractivity contribution >= 4 is 16.7 Å². The van der Waals surface area contributed by atoms with Crippen LogP contribution in [-0.2, 0) is 6.54 Å². The molecule has 122 valence electrons. The lowest BCUT2D eigenvalue weighted by molar-refractivity contribution is 0.0948. The molecule has 0 bridgehead atoms. The van der Waals surface area contributed by atoms with Crippen LogP contribution in [0.5, 0.6) is 5.75 Å². The van der Waals surface area contributed by atoms with Crippen molar-refractivity contribution in [2.24, 2.45) is 0 Å². The smallest absolute Gasteiger partial charge is 0.256 e. The van der Waals surface area contributed by atoms with Crippen molar-refractivity contribution in [3.8, 4) is 5.75 Å². The van der Waals surface area contributed by atoms with Gasteiger partial charge in [-0.1, -0.05) is 30.3 Å². The summed E-state index contributed by atoms with van der Waals surface area (Å²) in [4.78, 5) is 21.0. The lowest BCUT2D eigenvalue weighted by Gasteiger charge is -2.13. The van der Waals surface area contributed by atoms with E-state index >= 15 is 0 Å². The Bertz CT molecular complexity index is 877. The Kier molecular flexibility index (Phi) is 4.70. The van der Waals surface area contributed by atoms with E-state index in [4.69, 9.17) is 4.74 Å². The molecule has 0 unspecified atom stereocenters. The Balaban J connectivity index is 1.91. The van der Waals surface area contributed by atoms with E-state index in [1.54, 1.807) is 0 Å². The van der Waals surface area contributed by atoms with E-state index in [0.717, 1.165) is 22.2 Å². The molecule has 0 spiro atoms. The van der Waals surface area contributed by atoms with E-state index in [0.29, 0.717) is 24.5 Å². The molecule has 0 aliphatic carbocycles. The van der Waals surface area contributed by atoms with E-state index in [2.05, 4.69) is 15.3 Å². The summed E-state index contributed by atoms with van der Waals surface area (Å²) in [6, 6.07) is 13.4. The molecule has 2 aromatic carbocycles. The third kappa shape index (κ3) is 3.35. The number of rotatable bonds is 5. The van der Waals surface area contributed by atoms with Gasteiger partial charge in [0.2, 0.25) is 0 Å². The Morgan fingerprint density at radius 3 is 2.79 bits per heavy atom. The number of aromatic nitrogens is 2. The molecule has 24 heavy (non-hydrogen) atoms. The second-order valence-electron chi connectivity index (χ2n) is 5.43. The number of hydrogen-bond acceptors (Lipinski definition) is 4. The maximum Gasteiger partial charge on any atom is 0.256 e. The topological polar surface area (TPSA) is 64.1 Å². The second-order valence-corrected chi connectivity index (χ2v) is 5.43. The van der Waals surface area contributed by atoms with Gasteiger partial charge in [-0.3, -0.25) is 4.79 Å². The maximum atomic E-state index is 12.8. The van der Waals surface area contributed by atoms with Gasteiger partial charge >= 0.3 is 0 Å². The lowest BCUT2D eigenvalue weighted by atomic mass is 10.0. The van der Waals surface area contributed by atoms with Gasteiger partial charge in [0.05, 0.1) is 24.4 Å². The van der Waals surface area contributed by atoms with Crippen LogP contribution >= 0.6 is 0 Å². The summed E-state index contributed by atoms with van der Waals surface area (Å²) >= 11 is 0. The van der Waals surface area contributed by atoms with Gasteiger partial charge in [0.1, 0.15) is 12.1 Å². The summed E-state index contributed by atoms with van der Waals surface area (Å²) in [6.07, 6.45) is 1.50. The number of amides is 1. The molecule has 0 atom stereocenters. The molecular weight excluding hydrogens is 302 g/mol. The van der Waals surface area contributed by atoms with Crippen molar-refractivity contribution in [3.63, 3.8) is 0 Å². The predicted molar refractivity (Wildman–Crippen MR) is 93.1 cm³/mol. The van der Waals surface area contributed by atoms with Gasteiger partial charge in [0.25, 0.3) is 5.91 Å². The summed E-state index contributed by atoms with van der Waals surface area (Å²) in [6.45, 7) is 4.64. The zero-order valence-corrected chi connectivity index (χ0v) is 13.7. The first kappa shape index (κ1) is 15.9. The summed E-state index contributed by atoms with van der Waals surface area (Å²) in [5, 5.41) is 4.80. The fraction of sp³-hybridized carbons (Fsp3) is 0.211. The monoisotopic (exact) mass is 321 g/mol. The SMILES string of the molecule is CCOc1ccc2ccccc2c1C(=O)NCc1cc(C)ncn1. The molecule has 3 aromatic rings. The highest BCUT2D eigenvalue weighted by Crippen LogP contribution is 2.28. The standard InChI is InChI=1S/C19H19N3O2/c1-3-24-17-9-8-14-6-4-5-7-16(14)18(17)19(23)20-11-15-10-13(2)21-12-22-15/h4-10,12H,3,11H2,1-2H3,(H,20,23). The van der Waals surface area contributed by atoms with Crippen molar-refractivity contribution < 1.29 is 9.53 Å². The van der Waals surface area contributed by atoms with Crippen molar-refractivity contribution in [2.45, 2.75) is 20.4 Å². The number of fused-ring (bicyclic) bond motifs is 1. The maximum absolute atomic E-state index is 12.8. The van der Waals surface area contributed by atoms with Gasteiger partial charge in [-0.25, -0.2) is 9.97 Å². The number of aryl methyl sites for hydroxylation is 1. The van der Waals surface area contributed by atoms with Crippen LogP contribution in [0.25, 0.3) is 10.8 Å². The van der Waals surface area contributed by atoms with E-state index in [-0.39, 0.29) is 5.91 Å². The Labute approximate surface area is 140 Å². The van der Waals surface area contributed by atoms with Gasteiger partial charge in [-0.15, -0.1) is 0 Å². The number of carbonyl (C=O) groups is 1. The Hall–Kier alpha value is -2.95. The highest BCUT2D eigenvalue weighted by Gasteiger charge is 2.16. The van der Waals surface area contributed by atoms with Crippen molar-refractivity contribution in [2.75, 3.05) is 6.61 Å². The third-order valence-corrected chi connectivity index (χ3v) is 3.71. The molecule has 3 rings (SSSR count). The van der Waals surface area contributed by atoms with Crippen LogP contribution in [0.1, 0.15) is 28.7 Å². The third-order valence-electron chi connectivity index (χ3n) is 3.71. The first-order chi connectivity index (χ1) is 11.7. The molecule has 0 aliphatic heterocycles. The van der Waals surface area contributed by atoms with E-state index in [9.17, 15) is 4.79 Å². The average Bonchev–Trinajstić information content (AvgIpc) is 2.60. The number of nitrogens with one attached hydrogen (secondary N) is 1. The summed E-state index contributed by atoms with van der Waals surface area (Å²) in [7, 11) is 0. The lowest BCUT2D eigenvalue weighted by Crippen LogP contribution is -2.24. The minimum absolute atomic E-state index is 0.175. The molecule has 0 radical (unpaired) electrons. The van der Waals surface area contributed by atoms with Crippen LogP contribution in [0.3, 0.4) is 0 Å². The van der Waals surface area contributed by atoms with Crippen LogP contribution < -0.4 is 10.1 Å². The second kappa shape index (κ2) is 7.08. The van der Waals surface area contributed by atoms with Gasteiger partial charge < -0.3 is 10.1 Å². The minimum Gasteiger partial charge on any atom is -0.493 e. The van der Waals surface area contributed by atoms with Gasteiger partial charge in [0, 0.05) is 5.69 Å². The van der Waals surface area contributed by atoms with Crippen LogP contribution in [0.4, 0.5) is 0 Å². The Morgan fingerprint density at radius 1 is 1.17 bits per heavy atom. The largest absolute Gasteiger partial charge is 0.493 e.